The molecule has 0 aromatic heterocycles. The molecule has 2 N–H and O–H groups in total. The van der Waals surface area contributed by atoms with E-state index in [2.05, 4.69) is 0 Å². The molecule has 4 nitrogen and oxygen atoms in total. The number of likely N-dealkylation sites (tertiary alicyclic amines) is 1. The van der Waals surface area contributed by atoms with E-state index >= 15 is 0 Å². The van der Waals surface area contributed by atoms with Gasteiger partial charge in [0, 0.05) is 19.5 Å². The first-order valence-electron chi connectivity index (χ1n) is 4.10. The van der Waals surface area contributed by atoms with E-state index in [4.69, 9.17) is 5.73 Å². The predicted molar refractivity (Wildman–Crippen MR) is 43.9 cm³/mol. The Morgan fingerprint density at radius 1 is 1.33 bits per heavy atom. The molecule has 1 fully saturated rings. The minimum Gasteiger partial charge on any atom is -0.370 e. The predicted octanol–water partition coefficient (Wildman–Crippen LogP) is -0.312. The number of hydrogen-bond acceptors (Lipinski definition) is 2. The maximum absolute atomic E-state index is 11.2. The van der Waals surface area contributed by atoms with Crippen LogP contribution in [0.15, 0.2) is 0 Å². The first-order chi connectivity index (χ1) is 5.70. The highest BCUT2D eigenvalue weighted by Crippen LogP contribution is 2.08. The third kappa shape index (κ3) is 2.53. The molecule has 67 valence electrons. The van der Waals surface area contributed by atoms with Gasteiger partial charge in [-0.05, 0) is 12.8 Å². The Hall–Kier alpha value is -1.06. The Morgan fingerprint density at radius 2 is 1.92 bits per heavy atom. The number of carbonyl (C=O) groups is 2. The molecule has 0 saturated carbocycles. The highest BCUT2D eigenvalue weighted by atomic mass is 16.2. The Labute approximate surface area is 71.7 Å². The summed E-state index contributed by atoms with van der Waals surface area (Å²) in [6.45, 7) is 1.63. The molecule has 0 spiro atoms. The molecular formula is C8H13N2O2. The smallest absolute Gasteiger partial charge is 0.227 e. The van der Waals surface area contributed by atoms with E-state index in [9.17, 15) is 9.59 Å². The van der Waals surface area contributed by atoms with Crippen molar-refractivity contribution >= 4 is 11.8 Å². The summed E-state index contributed by atoms with van der Waals surface area (Å²) in [6.07, 6.45) is 3.54. The van der Waals surface area contributed by atoms with Crippen LogP contribution >= 0.6 is 0 Å². The van der Waals surface area contributed by atoms with Crippen LogP contribution < -0.4 is 5.73 Å². The molecule has 1 rings (SSSR count). The van der Waals surface area contributed by atoms with Gasteiger partial charge in [-0.2, -0.15) is 0 Å². The van der Waals surface area contributed by atoms with Gasteiger partial charge in [-0.15, -0.1) is 0 Å². The van der Waals surface area contributed by atoms with Gasteiger partial charge in [-0.1, -0.05) is 0 Å². The van der Waals surface area contributed by atoms with Crippen LogP contribution in [0.3, 0.4) is 0 Å². The fraction of sp³-hybridized carbons (Fsp3) is 0.625. The zero-order valence-electron chi connectivity index (χ0n) is 6.95. The van der Waals surface area contributed by atoms with Crippen LogP contribution in [0.4, 0.5) is 0 Å². The lowest BCUT2D eigenvalue weighted by molar-refractivity contribution is -0.128. The molecule has 1 heterocycles. The van der Waals surface area contributed by atoms with E-state index in [0.29, 0.717) is 0 Å². The Morgan fingerprint density at radius 3 is 2.42 bits per heavy atom. The lowest BCUT2D eigenvalue weighted by Crippen LogP contribution is -2.29. The molecule has 4 heteroatoms. The van der Waals surface area contributed by atoms with E-state index in [1.54, 1.807) is 4.90 Å². The zero-order chi connectivity index (χ0) is 8.97. The van der Waals surface area contributed by atoms with E-state index in [1.807, 2.05) is 0 Å². The second-order valence-electron chi connectivity index (χ2n) is 2.91. The third-order valence-electron chi connectivity index (χ3n) is 1.90. The molecule has 2 amide bonds. The van der Waals surface area contributed by atoms with Crippen molar-refractivity contribution in [1.29, 1.82) is 0 Å². The summed E-state index contributed by atoms with van der Waals surface area (Å²) in [7, 11) is 0. The SMILES string of the molecule is NC(=O)C[CH]C(=O)N1CCCC1. The number of hydrogen-bond donors (Lipinski definition) is 1. The van der Waals surface area contributed by atoms with E-state index in [1.165, 1.54) is 6.42 Å². The van der Waals surface area contributed by atoms with Crippen molar-refractivity contribution in [1.82, 2.24) is 4.90 Å². The molecule has 1 radical (unpaired) electrons. The summed E-state index contributed by atoms with van der Waals surface area (Å²) in [4.78, 5) is 23.3. The lowest BCUT2D eigenvalue weighted by atomic mass is 10.3. The number of carbonyl (C=O) groups excluding carboxylic acids is 2. The maximum Gasteiger partial charge on any atom is 0.227 e. The molecule has 0 atom stereocenters. The Bertz CT molecular complexity index is 185. The molecule has 0 aromatic rings. The van der Waals surface area contributed by atoms with E-state index in [0.717, 1.165) is 25.9 Å². The first-order valence-corrected chi connectivity index (χ1v) is 4.10. The molecule has 0 aliphatic carbocycles. The average molecular weight is 169 g/mol. The van der Waals surface area contributed by atoms with Crippen LogP contribution in [0, 0.1) is 6.42 Å². The number of rotatable bonds is 3. The Kier molecular flexibility index (Phi) is 3.08. The van der Waals surface area contributed by atoms with Gasteiger partial charge in [-0.3, -0.25) is 9.59 Å². The van der Waals surface area contributed by atoms with Crippen molar-refractivity contribution in [2.45, 2.75) is 19.3 Å². The minimum atomic E-state index is -0.456. The van der Waals surface area contributed by atoms with Crippen molar-refractivity contribution < 1.29 is 9.59 Å². The standard InChI is InChI=1S/C8H13N2O2/c9-7(11)3-4-8(12)10-5-1-2-6-10/h4H,1-3,5-6H2,(H2,9,11). The Balaban J connectivity index is 2.23. The number of primary amides is 1. The number of amides is 2. The second kappa shape index (κ2) is 4.09. The third-order valence-corrected chi connectivity index (χ3v) is 1.90. The van der Waals surface area contributed by atoms with Gasteiger partial charge in [0.2, 0.25) is 11.8 Å². The van der Waals surface area contributed by atoms with Gasteiger partial charge in [0.15, 0.2) is 0 Å². The van der Waals surface area contributed by atoms with Gasteiger partial charge < -0.3 is 10.6 Å². The normalized spacial score (nSPS) is 16.5. The lowest BCUT2D eigenvalue weighted by Gasteiger charge is -2.13. The van der Waals surface area contributed by atoms with Crippen LogP contribution in [0.1, 0.15) is 19.3 Å². The van der Waals surface area contributed by atoms with Crippen molar-refractivity contribution in [3.63, 3.8) is 0 Å². The van der Waals surface area contributed by atoms with Crippen molar-refractivity contribution in [2.75, 3.05) is 13.1 Å². The summed E-state index contributed by atoms with van der Waals surface area (Å²) >= 11 is 0. The van der Waals surface area contributed by atoms with Gasteiger partial charge in [0.1, 0.15) is 0 Å². The minimum absolute atomic E-state index is 0.0509. The zero-order valence-corrected chi connectivity index (χ0v) is 6.95. The molecule has 12 heavy (non-hydrogen) atoms. The van der Waals surface area contributed by atoms with E-state index in [-0.39, 0.29) is 12.3 Å². The van der Waals surface area contributed by atoms with Crippen molar-refractivity contribution in [3.8, 4) is 0 Å². The molecule has 1 aliphatic rings. The summed E-state index contributed by atoms with van der Waals surface area (Å²) in [5.74, 6) is -0.520. The van der Waals surface area contributed by atoms with Gasteiger partial charge in [0.05, 0.1) is 6.42 Å². The van der Waals surface area contributed by atoms with Crippen LogP contribution in [-0.4, -0.2) is 29.8 Å². The summed E-state index contributed by atoms with van der Waals surface area (Å²) in [6, 6.07) is 0. The highest BCUT2D eigenvalue weighted by molar-refractivity contribution is 5.90. The molecule has 1 aliphatic heterocycles. The van der Waals surface area contributed by atoms with Gasteiger partial charge in [-0.25, -0.2) is 0 Å². The summed E-state index contributed by atoms with van der Waals surface area (Å²) < 4.78 is 0. The first kappa shape index (κ1) is 9.03. The van der Waals surface area contributed by atoms with Crippen molar-refractivity contribution in [3.05, 3.63) is 6.42 Å². The molecule has 0 unspecified atom stereocenters. The van der Waals surface area contributed by atoms with Crippen LogP contribution in [0.2, 0.25) is 0 Å². The summed E-state index contributed by atoms with van der Waals surface area (Å²) in [5.41, 5.74) is 4.90. The highest BCUT2D eigenvalue weighted by Gasteiger charge is 2.17. The van der Waals surface area contributed by atoms with Crippen LogP contribution in [-0.2, 0) is 9.59 Å². The van der Waals surface area contributed by atoms with E-state index < -0.39 is 5.91 Å². The van der Waals surface area contributed by atoms with Gasteiger partial charge in [0.25, 0.3) is 0 Å². The average Bonchev–Trinajstić information content (AvgIpc) is 2.51. The quantitative estimate of drug-likeness (QED) is 0.629. The van der Waals surface area contributed by atoms with Crippen molar-refractivity contribution in [2.24, 2.45) is 5.73 Å². The van der Waals surface area contributed by atoms with Crippen LogP contribution in [0.5, 0.6) is 0 Å². The molecule has 0 aromatic carbocycles. The summed E-state index contributed by atoms with van der Waals surface area (Å²) in [5, 5.41) is 0. The number of nitrogens with zero attached hydrogens (tertiary/aromatic N) is 1. The largest absolute Gasteiger partial charge is 0.370 e. The molecule has 1 saturated heterocycles. The monoisotopic (exact) mass is 169 g/mol. The molecule has 0 bridgehead atoms. The fourth-order valence-corrected chi connectivity index (χ4v) is 1.25. The number of nitrogens with two attached hydrogens (primary N) is 1. The topological polar surface area (TPSA) is 63.4 Å². The molecular weight excluding hydrogens is 156 g/mol. The fourth-order valence-electron chi connectivity index (χ4n) is 1.25. The maximum atomic E-state index is 11.2. The second-order valence-corrected chi connectivity index (χ2v) is 2.91. The van der Waals surface area contributed by atoms with Gasteiger partial charge >= 0.3 is 0 Å². The van der Waals surface area contributed by atoms with Crippen LogP contribution in [0.25, 0.3) is 0 Å².